The smallest absolute Gasteiger partial charge is 0.312 e. The number of amides is 1. The number of phenolic OH excluding ortho intramolecular Hbond substituents is 1. The quantitative estimate of drug-likeness (QED) is 0.433. The second-order valence-corrected chi connectivity index (χ2v) is 5.10. The fraction of sp³-hybridized carbons (Fsp3) is 0.0667. The van der Waals surface area contributed by atoms with E-state index in [0.717, 1.165) is 12.3 Å². The van der Waals surface area contributed by atoms with Crippen molar-refractivity contribution < 1.29 is 19.9 Å². The molecule has 2 aromatic carbocycles. The van der Waals surface area contributed by atoms with E-state index < -0.39 is 28.4 Å². The minimum atomic E-state index is -1.43. The maximum Gasteiger partial charge on any atom is 0.312 e. The number of hydrogen-bond donors (Lipinski definition) is 3. The van der Waals surface area contributed by atoms with Crippen LogP contribution in [0, 0.1) is 10.1 Å². The van der Waals surface area contributed by atoms with Crippen molar-refractivity contribution in [2.45, 2.75) is 6.10 Å². The van der Waals surface area contributed by atoms with Gasteiger partial charge in [0.25, 0.3) is 5.91 Å². The first-order valence-electron chi connectivity index (χ1n) is 6.63. The zero-order valence-corrected chi connectivity index (χ0v) is 12.8. The monoisotopic (exact) mass is 349 g/mol. The molecule has 0 heterocycles. The highest BCUT2D eigenvalue weighted by molar-refractivity contribution is 6.31. The molecule has 2 aromatic rings. The Bertz CT molecular complexity index is 795. The summed E-state index contributed by atoms with van der Waals surface area (Å²) in [6.07, 6.45) is -0.435. The molecule has 3 N–H and O–H groups in total. The fourth-order valence-electron chi connectivity index (χ4n) is 1.86. The molecule has 2 rings (SSSR count). The maximum absolute atomic E-state index is 11.8. The zero-order valence-electron chi connectivity index (χ0n) is 12.1. The lowest BCUT2D eigenvalue weighted by atomic mass is 10.1. The Balaban J connectivity index is 2.12. The molecule has 24 heavy (non-hydrogen) atoms. The van der Waals surface area contributed by atoms with E-state index in [4.69, 9.17) is 11.6 Å². The highest BCUT2D eigenvalue weighted by atomic mass is 35.5. The number of halogens is 1. The summed E-state index contributed by atoms with van der Waals surface area (Å²) in [5, 5.41) is 34.0. The summed E-state index contributed by atoms with van der Waals surface area (Å²) in [6.45, 7) is 0. The van der Waals surface area contributed by atoms with Crippen LogP contribution in [0.4, 0.5) is 5.69 Å². The standard InChI is InChI=1S/C15H12ClN3O5/c16-11-6-10(13(20)12(7-11)19(23)24)8-17-18-15(22)14(21)9-4-2-1-3-5-9/h1-8,14,20-21H,(H,18,22)/b17-8-/t14-/m0/s1. The van der Waals surface area contributed by atoms with Gasteiger partial charge in [-0.05, 0) is 11.6 Å². The van der Waals surface area contributed by atoms with Crippen LogP contribution in [-0.4, -0.2) is 27.3 Å². The number of benzene rings is 2. The Kier molecular flexibility index (Phi) is 5.46. The Labute approximate surface area is 141 Å². The second kappa shape index (κ2) is 7.53. The highest BCUT2D eigenvalue weighted by Gasteiger charge is 2.18. The predicted molar refractivity (Wildman–Crippen MR) is 86.9 cm³/mol. The number of aliphatic hydroxyl groups excluding tert-OH is 1. The number of hydrogen-bond acceptors (Lipinski definition) is 6. The molecule has 0 aliphatic rings. The first kappa shape index (κ1) is 17.4. The molecule has 0 saturated heterocycles. The van der Waals surface area contributed by atoms with Crippen molar-refractivity contribution in [2.75, 3.05) is 0 Å². The average Bonchev–Trinajstić information content (AvgIpc) is 2.57. The van der Waals surface area contributed by atoms with Gasteiger partial charge in [-0.3, -0.25) is 14.9 Å². The molecule has 1 amide bonds. The molecule has 0 spiro atoms. The first-order chi connectivity index (χ1) is 11.4. The third kappa shape index (κ3) is 4.06. The van der Waals surface area contributed by atoms with E-state index in [9.17, 15) is 25.1 Å². The number of aromatic hydroxyl groups is 1. The van der Waals surface area contributed by atoms with E-state index >= 15 is 0 Å². The molecular formula is C15H12ClN3O5. The van der Waals surface area contributed by atoms with Crippen molar-refractivity contribution in [1.29, 1.82) is 0 Å². The molecule has 1 atom stereocenters. The van der Waals surface area contributed by atoms with Crippen LogP contribution in [0.15, 0.2) is 47.6 Å². The number of carbonyl (C=O) groups is 1. The molecule has 0 saturated carbocycles. The van der Waals surface area contributed by atoms with Crippen molar-refractivity contribution in [3.05, 3.63) is 68.7 Å². The summed E-state index contributed by atoms with van der Waals surface area (Å²) < 4.78 is 0. The Morgan fingerprint density at radius 2 is 2.00 bits per heavy atom. The lowest BCUT2D eigenvalue weighted by Gasteiger charge is -2.08. The lowest BCUT2D eigenvalue weighted by molar-refractivity contribution is -0.385. The van der Waals surface area contributed by atoms with Gasteiger partial charge < -0.3 is 10.2 Å². The molecule has 0 aliphatic heterocycles. The van der Waals surface area contributed by atoms with E-state index in [2.05, 4.69) is 10.5 Å². The summed E-state index contributed by atoms with van der Waals surface area (Å²) >= 11 is 5.73. The molecule has 0 bridgehead atoms. The van der Waals surface area contributed by atoms with Crippen LogP contribution in [-0.2, 0) is 4.79 Å². The summed E-state index contributed by atoms with van der Waals surface area (Å²) in [4.78, 5) is 21.8. The third-order valence-corrected chi connectivity index (χ3v) is 3.24. The van der Waals surface area contributed by atoms with Gasteiger partial charge in [-0.1, -0.05) is 41.9 Å². The minimum Gasteiger partial charge on any atom is -0.502 e. The van der Waals surface area contributed by atoms with Gasteiger partial charge in [0.2, 0.25) is 5.75 Å². The van der Waals surface area contributed by atoms with Crippen LogP contribution in [0.3, 0.4) is 0 Å². The largest absolute Gasteiger partial charge is 0.502 e. The molecule has 0 fully saturated rings. The van der Waals surface area contributed by atoms with Crippen molar-refractivity contribution >= 4 is 29.4 Å². The number of nitro groups is 1. The van der Waals surface area contributed by atoms with Crippen molar-refractivity contribution in [3.8, 4) is 5.75 Å². The molecular weight excluding hydrogens is 338 g/mol. The number of nitrogens with one attached hydrogen (secondary N) is 1. The normalized spacial score (nSPS) is 12.1. The Hall–Kier alpha value is -2.97. The van der Waals surface area contributed by atoms with E-state index in [0.29, 0.717) is 5.56 Å². The van der Waals surface area contributed by atoms with E-state index in [1.54, 1.807) is 30.3 Å². The number of carbonyl (C=O) groups excluding carboxylic acids is 1. The van der Waals surface area contributed by atoms with Crippen LogP contribution in [0.1, 0.15) is 17.2 Å². The van der Waals surface area contributed by atoms with Gasteiger partial charge in [-0.15, -0.1) is 0 Å². The molecule has 124 valence electrons. The first-order valence-corrected chi connectivity index (χ1v) is 7.00. The van der Waals surface area contributed by atoms with Gasteiger partial charge in [0.1, 0.15) is 0 Å². The molecule has 0 unspecified atom stereocenters. The van der Waals surface area contributed by atoms with Crippen molar-refractivity contribution in [3.63, 3.8) is 0 Å². The van der Waals surface area contributed by atoms with Gasteiger partial charge >= 0.3 is 5.69 Å². The van der Waals surface area contributed by atoms with Crippen molar-refractivity contribution in [1.82, 2.24) is 5.43 Å². The number of hydrazone groups is 1. The third-order valence-electron chi connectivity index (χ3n) is 3.02. The van der Waals surface area contributed by atoms with Crippen molar-refractivity contribution in [2.24, 2.45) is 5.10 Å². The SMILES string of the molecule is O=C(N/N=C\c1cc(Cl)cc([N+](=O)[O-])c1O)[C@@H](O)c1ccccc1. The minimum absolute atomic E-state index is 0.0246. The summed E-state index contributed by atoms with van der Waals surface area (Å²) in [6, 6.07) is 10.4. The number of nitrogens with zero attached hydrogens (tertiary/aromatic N) is 2. The van der Waals surface area contributed by atoms with Gasteiger partial charge in [-0.2, -0.15) is 5.10 Å². The number of nitro benzene ring substituents is 1. The van der Waals surface area contributed by atoms with Gasteiger partial charge in [0.05, 0.1) is 11.1 Å². The molecule has 0 aromatic heterocycles. The molecule has 9 heteroatoms. The number of aliphatic hydroxyl groups is 1. The Morgan fingerprint density at radius 1 is 1.33 bits per heavy atom. The zero-order chi connectivity index (χ0) is 17.7. The van der Waals surface area contributed by atoms with Crippen LogP contribution in [0.5, 0.6) is 5.75 Å². The van der Waals surface area contributed by atoms with Gasteiger partial charge in [0, 0.05) is 16.7 Å². The van der Waals surface area contributed by atoms with Gasteiger partial charge in [0.15, 0.2) is 6.10 Å². The fourth-order valence-corrected chi connectivity index (χ4v) is 2.08. The highest BCUT2D eigenvalue weighted by Crippen LogP contribution is 2.32. The molecule has 0 aliphatic carbocycles. The summed E-state index contributed by atoms with van der Waals surface area (Å²) in [5.74, 6) is -1.43. The number of phenols is 1. The van der Waals surface area contributed by atoms with E-state index in [1.807, 2.05) is 0 Å². The second-order valence-electron chi connectivity index (χ2n) is 4.67. The lowest BCUT2D eigenvalue weighted by Crippen LogP contribution is -2.25. The summed E-state index contributed by atoms with van der Waals surface area (Å²) in [7, 11) is 0. The molecule has 8 nitrogen and oxygen atoms in total. The average molecular weight is 350 g/mol. The van der Waals surface area contributed by atoms with E-state index in [1.165, 1.54) is 6.07 Å². The predicted octanol–water partition coefficient (Wildman–Crippen LogP) is 2.14. The topological polar surface area (TPSA) is 125 Å². The maximum atomic E-state index is 11.8. The van der Waals surface area contributed by atoms with Crippen LogP contribution in [0.2, 0.25) is 5.02 Å². The van der Waals surface area contributed by atoms with E-state index in [-0.39, 0.29) is 10.6 Å². The van der Waals surface area contributed by atoms with Crippen LogP contribution < -0.4 is 5.43 Å². The van der Waals surface area contributed by atoms with Gasteiger partial charge in [-0.25, -0.2) is 5.43 Å². The molecule has 0 radical (unpaired) electrons. The number of rotatable bonds is 5. The summed E-state index contributed by atoms with van der Waals surface area (Å²) in [5.41, 5.74) is 1.83. The van der Waals surface area contributed by atoms with Crippen LogP contribution in [0.25, 0.3) is 0 Å². The van der Waals surface area contributed by atoms with Crippen LogP contribution >= 0.6 is 11.6 Å². The Morgan fingerprint density at radius 3 is 2.62 bits per heavy atom.